The van der Waals surface area contributed by atoms with Gasteiger partial charge in [0, 0.05) is 25.9 Å². The molecule has 4 nitrogen and oxygen atoms in total. The second-order valence-corrected chi connectivity index (χ2v) is 7.12. The molecule has 0 aliphatic heterocycles. The molecule has 2 rings (SSSR count). The normalized spacial score (nSPS) is 15.2. The molecular weight excluding hydrogens is 324 g/mol. The van der Waals surface area contributed by atoms with Crippen LogP contribution in [-0.4, -0.2) is 24.9 Å². The molecule has 0 radical (unpaired) electrons. The van der Waals surface area contributed by atoms with Gasteiger partial charge in [-0.05, 0) is 43.9 Å². The number of carbonyl (C=O) groups is 2. The monoisotopic (exact) mass is 350 g/mol. The van der Waals surface area contributed by atoms with Gasteiger partial charge in [-0.3, -0.25) is 9.59 Å². The third kappa shape index (κ3) is 4.73. The molecule has 1 saturated carbocycles. The number of hydrogen-bond donors (Lipinski definition) is 1. The number of amides is 2. The second-order valence-electron chi connectivity index (χ2n) is 6.71. The number of nitrogens with one attached hydrogen (secondary N) is 1. The second kappa shape index (κ2) is 8.52. The van der Waals surface area contributed by atoms with Crippen molar-refractivity contribution in [2.45, 2.75) is 52.9 Å². The van der Waals surface area contributed by atoms with Crippen molar-refractivity contribution in [3.8, 4) is 0 Å². The Hall–Kier alpha value is -1.55. The van der Waals surface area contributed by atoms with Gasteiger partial charge in [0.15, 0.2) is 0 Å². The summed E-state index contributed by atoms with van der Waals surface area (Å²) >= 11 is 6.36. The van der Waals surface area contributed by atoms with Crippen molar-refractivity contribution in [2.75, 3.05) is 18.0 Å². The van der Waals surface area contributed by atoms with E-state index in [2.05, 4.69) is 5.32 Å². The molecule has 0 atom stereocenters. The Morgan fingerprint density at radius 2 is 1.88 bits per heavy atom. The quantitative estimate of drug-likeness (QED) is 0.872. The van der Waals surface area contributed by atoms with E-state index >= 15 is 0 Å². The summed E-state index contributed by atoms with van der Waals surface area (Å²) in [6.45, 7) is 6.32. The summed E-state index contributed by atoms with van der Waals surface area (Å²) < 4.78 is 0. The fraction of sp³-hybridized carbons (Fsp3) is 0.579. The van der Waals surface area contributed by atoms with Gasteiger partial charge >= 0.3 is 0 Å². The summed E-state index contributed by atoms with van der Waals surface area (Å²) in [6, 6.07) is 3.87. The maximum absolute atomic E-state index is 12.2. The van der Waals surface area contributed by atoms with Crippen LogP contribution in [0.3, 0.4) is 0 Å². The number of aryl methyl sites for hydroxylation is 2. The lowest BCUT2D eigenvalue weighted by atomic mass is 9.89. The molecule has 24 heavy (non-hydrogen) atoms. The molecule has 1 aliphatic rings. The number of anilines is 1. The number of benzene rings is 1. The van der Waals surface area contributed by atoms with Crippen LogP contribution in [-0.2, 0) is 9.59 Å². The van der Waals surface area contributed by atoms with Crippen molar-refractivity contribution in [1.82, 2.24) is 5.32 Å². The lowest BCUT2D eigenvalue weighted by Gasteiger charge is -2.26. The number of carbonyl (C=O) groups excluding carboxylic acids is 2. The molecule has 1 fully saturated rings. The predicted octanol–water partition coefficient (Wildman–Crippen LogP) is 4.01. The van der Waals surface area contributed by atoms with Crippen molar-refractivity contribution in [3.05, 3.63) is 28.3 Å². The van der Waals surface area contributed by atoms with Crippen LogP contribution in [0, 0.1) is 19.8 Å². The van der Waals surface area contributed by atoms with E-state index in [0.717, 1.165) is 42.5 Å². The molecule has 0 spiro atoms. The Bertz CT molecular complexity index is 586. The highest BCUT2D eigenvalue weighted by atomic mass is 35.5. The Kier molecular flexibility index (Phi) is 6.67. The van der Waals surface area contributed by atoms with E-state index in [-0.39, 0.29) is 17.7 Å². The van der Waals surface area contributed by atoms with Crippen LogP contribution in [0.5, 0.6) is 0 Å². The van der Waals surface area contributed by atoms with E-state index in [1.165, 1.54) is 13.3 Å². The van der Waals surface area contributed by atoms with Crippen molar-refractivity contribution < 1.29 is 9.59 Å². The van der Waals surface area contributed by atoms with Crippen molar-refractivity contribution >= 4 is 29.1 Å². The van der Waals surface area contributed by atoms with Gasteiger partial charge in [0.2, 0.25) is 11.8 Å². The Labute approximate surface area is 149 Å². The molecule has 1 aromatic carbocycles. The number of halogens is 1. The summed E-state index contributed by atoms with van der Waals surface area (Å²) in [6.07, 6.45) is 5.45. The van der Waals surface area contributed by atoms with E-state index in [9.17, 15) is 9.59 Å². The maximum atomic E-state index is 12.2. The lowest BCUT2D eigenvalue weighted by molar-refractivity contribution is -0.126. The van der Waals surface area contributed by atoms with Gasteiger partial charge in [-0.15, -0.1) is 0 Å². The van der Waals surface area contributed by atoms with E-state index in [1.807, 2.05) is 26.0 Å². The van der Waals surface area contributed by atoms with Gasteiger partial charge in [-0.25, -0.2) is 0 Å². The summed E-state index contributed by atoms with van der Waals surface area (Å²) in [5.41, 5.74) is 2.77. The van der Waals surface area contributed by atoms with Crippen LogP contribution in [0.4, 0.5) is 5.69 Å². The zero-order valence-corrected chi connectivity index (χ0v) is 15.6. The first-order valence-electron chi connectivity index (χ1n) is 8.72. The topological polar surface area (TPSA) is 49.4 Å². The third-order valence-corrected chi connectivity index (χ3v) is 4.95. The van der Waals surface area contributed by atoms with Crippen LogP contribution >= 0.6 is 11.6 Å². The van der Waals surface area contributed by atoms with Crippen LogP contribution in [0.15, 0.2) is 12.1 Å². The van der Waals surface area contributed by atoms with Gasteiger partial charge < -0.3 is 10.2 Å². The fourth-order valence-electron chi connectivity index (χ4n) is 3.48. The zero-order chi connectivity index (χ0) is 17.7. The van der Waals surface area contributed by atoms with Crippen molar-refractivity contribution in [2.24, 2.45) is 5.92 Å². The highest BCUT2D eigenvalue weighted by Crippen LogP contribution is 2.31. The first-order chi connectivity index (χ1) is 11.4. The third-order valence-electron chi connectivity index (χ3n) is 4.66. The minimum Gasteiger partial charge on any atom is -0.354 e. The van der Waals surface area contributed by atoms with E-state index in [4.69, 9.17) is 11.6 Å². The smallest absolute Gasteiger partial charge is 0.223 e. The van der Waals surface area contributed by atoms with Gasteiger partial charge in [0.05, 0.1) is 10.7 Å². The molecule has 0 heterocycles. The summed E-state index contributed by atoms with van der Waals surface area (Å²) in [5, 5.41) is 3.55. The highest BCUT2D eigenvalue weighted by Gasteiger charge is 2.22. The van der Waals surface area contributed by atoms with Gasteiger partial charge in [-0.1, -0.05) is 36.9 Å². The molecule has 1 aliphatic carbocycles. The van der Waals surface area contributed by atoms with Gasteiger partial charge in [0.25, 0.3) is 0 Å². The average molecular weight is 351 g/mol. The van der Waals surface area contributed by atoms with Crippen LogP contribution in [0.2, 0.25) is 5.02 Å². The fourth-order valence-corrected chi connectivity index (χ4v) is 3.90. The standard InChI is InChI=1S/C19H27ClN2O2/c1-13-11-14(2)18(17(20)12-13)22(15(3)23)10-9-21-19(24)16-7-5-4-6-8-16/h11-12,16H,4-10H2,1-3H3,(H,21,24). The van der Waals surface area contributed by atoms with Crippen molar-refractivity contribution in [1.29, 1.82) is 0 Å². The summed E-state index contributed by atoms with van der Waals surface area (Å²) in [5.74, 6) is 0.176. The Balaban J connectivity index is 1.99. The predicted molar refractivity (Wildman–Crippen MR) is 98.5 cm³/mol. The molecule has 5 heteroatoms. The molecule has 0 unspecified atom stereocenters. The molecule has 0 bridgehead atoms. The minimum atomic E-state index is -0.0734. The molecule has 0 saturated heterocycles. The zero-order valence-electron chi connectivity index (χ0n) is 14.8. The molecule has 132 valence electrons. The maximum Gasteiger partial charge on any atom is 0.223 e. The number of nitrogens with zero attached hydrogens (tertiary/aromatic N) is 1. The van der Waals surface area contributed by atoms with Crippen LogP contribution < -0.4 is 10.2 Å². The number of hydrogen-bond acceptors (Lipinski definition) is 2. The van der Waals surface area contributed by atoms with Gasteiger partial charge in [0.1, 0.15) is 0 Å². The van der Waals surface area contributed by atoms with Gasteiger partial charge in [-0.2, -0.15) is 0 Å². The van der Waals surface area contributed by atoms with Crippen LogP contribution in [0.1, 0.15) is 50.2 Å². The van der Waals surface area contributed by atoms with E-state index in [1.54, 1.807) is 4.90 Å². The lowest BCUT2D eigenvalue weighted by Crippen LogP contribution is -2.40. The Morgan fingerprint density at radius 3 is 2.46 bits per heavy atom. The number of rotatable bonds is 5. The first kappa shape index (κ1) is 18.8. The summed E-state index contributed by atoms with van der Waals surface area (Å²) in [4.78, 5) is 25.9. The molecule has 2 amide bonds. The van der Waals surface area contributed by atoms with E-state index < -0.39 is 0 Å². The first-order valence-corrected chi connectivity index (χ1v) is 9.10. The molecular formula is C19H27ClN2O2. The molecule has 0 aromatic heterocycles. The largest absolute Gasteiger partial charge is 0.354 e. The summed E-state index contributed by atoms with van der Waals surface area (Å²) in [7, 11) is 0. The SMILES string of the molecule is CC(=O)N(CCNC(=O)C1CCCCC1)c1c(C)cc(C)cc1Cl. The van der Waals surface area contributed by atoms with Crippen molar-refractivity contribution in [3.63, 3.8) is 0 Å². The van der Waals surface area contributed by atoms with E-state index in [0.29, 0.717) is 18.1 Å². The van der Waals surface area contributed by atoms with Crippen LogP contribution in [0.25, 0.3) is 0 Å². The average Bonchev–Trinajstić information content (AvgIpc) is 2.53. The molecule has 1 aromatic rings. The molecule has 1 N–H and O–H groups in total. The minimum absolute atomic E-state index is 0.0734. The highest BCUT2D eigenvalue weighted by molar-refractivity contribution is 6.34. The Morgan fingerprint density at radius 1 is 1.21 bits per heavy atom.